The zero-order valence-corrected chi connectivity index (χ0v) is 20.1. The van der Waals surface area contributed by atoms with Crippen LogP contribution in [0.1, 0.15) is 36.3 Å². The Morgan fingerprint density at radius 3 is 2.13 bits per heavy atom. The highest BCUT2D eigenvalue weighted by Gasteiger charge is 2.48. The van der Waals surface area contributed by atoms with Crippen LogP contribution < -0.4 is 4.74 Å². The highest BCUT2D eigenvalue weighted by Crippen LogP contribution is 2.51. The molecule has 0 bridgehead atoms. The first-order valence-electron chi connectivity index (χ1n) is 11.7. The van der Waals surface area contributed by atoms with Gasteiger partial charge >= 0.3 is 11.9 Å². The van der Waals surface area contributed by atoms with Crippen molar-refractivity contribution in [3.63, 3.8) is 0 Å². The molecule has 4 rings (SSSR count). The van der Waals surface area contributed by atoms with Crippen LogP contribution in [0.4, 0.5) is 0 Å². The van der Waals surface area contributed by atoms with Gasteiger partial charge in [0.1, 0.15) is 41.3 Å². The number of phenolic OH excluding ortho intramolecular Hbond substituents is 3. The van der Waals surface area contributed by atoms with Gasteiger partial charge in [-0.1, -0.05) is 23.8 Å². The van der Waals surface area contributed by atoms with Crippen molar-refractivity contribution < 1.29 is 59.9 Å². The average Bonchev–Trinajstić information content (AvgIpc) is 2.83. The van der Waals surface area contributed by atoms with Crippen molar-refractivity contribution in [2.24, 2.45) is 5.92 Å². The third kappa shape index (κ3) is 4.98. The Morgan fingerprint density at radius 2 is 1.55 bits per heavy atom. The van der Waals surface area contributed by atoms with Crippen molar-refractivity contribution in [2.45, 2.75) is 55.9 Å². The van der Waals surface area contributed by atoms with E-state index in [1.807, 2.05) is 0 Å². The second kappa shape index (κ2) is 10.5. The number of carboxylic acids is 2. The van der Waals surface area contributed by atoms with Crippen LogP contribution >= 0.6 is 0 Å². The fraction of sp³-hybridized carbons (Fsp3) is 0.385. The minimum absolute atomic E-state index is 0.0561. The molecule has 2 aliphatic rings. The molecule has 1 heterocycles. The summed E-state index contributed by atoms with van der Waals surface area (Å²) in [5, 5.41) is 80.9. The van der Waals surface area contributed by atoms with Crippen LogP contribution in [0.2, 0.25) is 0 Å². The van der Waals surface area contributed by atoms with Gasteiger partial charge in [0.2, 0.25) is 6.29 Å². The standard InChI is InChI=1S/C26H28O12/c1-10-7-13(18(24(33)34)14(8-10)19-15(27)3-2-4-16(19)28)12-6-5-11(9-17(12)29)37-26-22(32)20(30)21(31)23(38-26)25(35)36/h2-6,8-9,13-14,18,20-23,26-32H,7H2,1H3,(H,33,34)(H,35,36). The van der Waals surface area contributed by atoms with Crippen LogP contribution in [0.3, 0.4) is 0 Å². The van der Waals surface area contributed by atoms with Crippen LogP contribution in [-0.2, 0) is 14.3 Å². The molecule has 1 aliphatic carbocycles. The Balaban J connectivity index is 1.64. The summed E-state index contributed by atoms with van der Waals surface area (Å²) >= 11 is 0. The molecule has 38 heavy (non-hydrogen) atoms. The number of rotatable bonds is 6. The molecule has 0 radical (unpaired) electrons. The molecule has 12 heteroatoms. The van der Waals surface area contributed by atoms with Gasteiger partial charge in [-0.3, -0.25) is 4.79 Å². The molecule has 1 fully saturated rings. The molecule has 1 aliphatic heterocycles. The van der Waals surface area contributed by atoms with E-state index in [9.17, 15) is 50.4 Å². The number of allylic oxidation sites excluding steroid dienone is 2. The number of hydrogen-bond acceptors (Lipinski definition) is 10. The van der Waals surface area contributed by atoms with Gasteiger partial charge in [-0.2, -0.15) is 0 Å². The number of hydrogen-bond donors (Lipinski definition) is 8. The van der Waals surface area contributed by atoms with E-state index in [1.54, 1.807) is 13.0 Å². The normalized spacial score (nSPS) is 31.3. The number of aliphatic hydroxyl groups is 3. The first-order chi connectivity index (χ1) is 17.9. The maximum absolute atomic E-state index is 12.4. The van der Waals surface area contributed by atoms with E-state index in [-0.39, 0.29) is 40.5 Å². The first kappa shape index (κ1) is 27.2. The summed E-state index contributed by atoms with van der Waals surface area (Å²) in [6.07, 6.45) is -7.23. The quantitative estimate of drug-likeness (QED) is 0.245. The Kier molecular flexibility index (Phi) is 7.51. The summed E-state index contributed by atoms with van der Waals surface area (Å²) in [6, 6.07) is 7.99. The minimum Gasteiger partial charge on any atom is -0.508 e. The van der Waals surface area contributed by atoms with E-state index >= 15 is 0 Å². The molecule has 8 N–H and O–H groups in total. The highest BCUT2D eigenvalue weighted by atomic mass is 16.7. The Hall–Kier alpha value is -3.84. The molecule has 2 aromatic rings. The third-order valence-corrected chi connectivity index (χ3v) is 6.97. The Bertz CT molecular complexity index is 1240. The predicted molar refractivity (Wildman–Crippen MR) is 128 cm³/mol. The minimum atomic E-state index is -1.90. The number of ether oxygens (including phenoxy) is 2. The van der Waals surface area contributed by atoms with Gasteiger partial charge in [0.05, 0.1) is 5.92 Å². The number of aliphatic hydroxyl groups excluding tert-OH is 3. The van der Waals surface area contributed by atoms with Gasteiger partial charge in [-0.05, 0) is 37.1 Å². The van der Waals surface area contributed by atoms with Crippen molar-refractivity contribution >= 4 is 11.9 Å². The summed E-state index contributed by atoms with van der Waals surface area (Å²) in [5.74, 6) is -6.64. The molecule has 0 saturated carbocycles. The first-order valence-corrected chi connectivity index (χ1v) is 11.7. The molecule has 0 amide bonds. The van der Waals surface area contributed by atoms with Crippen molar-refractivity contribution in [1.82, 2.24) is 0 Å². The molecule has 0 aromatic heterocycles. The molecule has 0 spiro atoms. The van der Waals surface area contributed by atoms with Gasteiger partial charge in [-0.15, -0.1) is 0 Å². The Labute approximate surface area is 216 Å². The molecule has 8 atom stereocenters. The smallest absolute Gasteiger partial charge is 0.335 e. The fourth-order valence-electron chi connectivity index (χ4n) is 5.17. The summed E-state index contributed by atoms with van der Waals surface area (Å²) in [6.45, 7) is 1.77. The number of benzene rings is 2. The molecule has 2 aromatic carbocycles. The highest BCUT2D eigenvalue weighted by molar-refractivity contribution is 5.75. The maximum atomic E-state index is 12.4. The van der Waals surface area contributed by atoms with Crippen LogP contribution in [0.5, 0.6) is 23.0 Å². The lowest BCUT2D eigenvalue weighted by atomic mass is 9.68. The van der Waals surface area contributed by atoms with Gasteiger partial charge in [0.25, 0.3) is 0 Å². The van der Waals surface area contributed by atoms with Gasteiger partial charge in [-0.25, -0.2) is 4.79 Å². The molecule has 204 valence electrons. The topological polar surface area (TPSA) is 214 Å². The second-order valence-electron chi connectivity index (χ2n) is 9.50. The molecule has 12 nitrogen and oxygen atoms in total. The summed E-state index contributed by atoms with van der Waals surface area (Å²) in [7, 11) is 0. The number of aromatic hydroxyl groups is 3. The van der Waals surface area contributed by atoms with Crippen molar-refractivity contribution in [1.29, 1.82) is 0 Å². The van der Waals surface area contributed by atoms with Crippen LogP contribution in [-0.4, -0.2) is 83.5 Å². The van der Waals surface area contributed by atoms with Gasteiger partial charge in [0, 0.05) is 23.5 Å². The molecular weight excluding hydrogens is 504 g/mol. The lowest BCUT2D eigenvalue weighted by Crippen LogP contribution is -2.61. The van der Waals surface area contributed by atoms with Crippen molar-refractivity contribution in [3.8, 4) is 23.0 Å². The number of carbonyl (C=O) groups is 2. The summed E-state index contributed by atoms with van der Waals surface area (Å²) in [4.78, 5) is 23.8. The zero-order chi connectivity index (χ0) is 27.9. The number of phenols is 3. The number of aliphatic carboxylic acids is 2. The Morgan fingerprint density at radius 1 is 0.895 bits per heavy atom. The maximum Gasteiger partial charge on any atom is 0.335 e. The summed E-state index contributed by atoms with van der Waals surface area (Å²) < 4.78 is 10.5. The zero-order valence-electron chi connectivity index (χ0n) is 20.1. The van der Waals surface area contributed by atoms with E-state index in [1.165, 1.54) is 30.3 Å². The van der Waals surface area contributed by atoms with E-state index < -0.39 is 60.4 Å². The molecular formula is C26H28O12. The molecule has 8 unspecified atom stereocenters. The average molecular weight is 532 g/mol. The van der Waals surface area contributed by atoms with Crippen molar-refractivity contribution in [3.05, 3.63) is 59.2 Å². The largest absolute Gasteiger partial charge is 0.508 e. The van der Waals surface area contributed by atoms with Crippen molar-refractivity contribution in [2.75, 3.05) is 0 Å². The van der Waals surface area contributed by atoms with Crippen LogP contribution in [0, 0.1) is 5.92 Å². The van der Waals surface area contributed by atoms with E-state index in [0.29, 0.717) is 0 Å². The monoisotopic (exact) mass is 532 g/mol. The fourth-order valence-corrected chi connectivity index (χ4v) is 5.17. The lowest BCUT2D eigenvalue weighted by Gasteiger charge is -2.38. The van der Waals surface area contributed by atoms with E-state index in [4.69, 9.17) is 9.47 Å². The van der Waals surface area contributed by atoms with Gasteiger partial charge < -0.3 is 50.3 Å². The second-order valence-corrected chi connectivity index (χ2v) is 9.50. The molecule has 1 saturated heterocycles. The number of carboxylic acid groups (broad SMARTS) is 2. The van der Waals surface area contributed by atoms with Crippen LogP contribution in [0.25, 0.3) is 0 Å². The SMILES string of the molecule is CC1=CC(c2c(O)cccc2O)C(C(=O)O)C(c2ccc(OC3OC(C(=O)O)C(O)C(O)C3O)cc2O)C1. The van der Waals surface area contributed by atoms with Crippen LogP contribution in [0.15, 0.2) is 48.0 Å². The van der Waals surface area contributed by atoms with E-state index in [2.05, 4.69) is 0 Å². The van der Waals surface area contributed by atoms with E-state index in [0.717, 1.165) is 11.6 Å². The summed E-state index contributed by atoms with van der Waals surface area (Å²) in [5.41, 5.74) is 1.06. The van der Waals surface area contributed by atoms with Gasteiger partial charge in [0.15, 0.2) is 6.10 Å². The predicted octanol–water partition coefficient (Wildman–Crippen LogP) is 0.993. The lowest BCUT2D eigenvalue weighted by molar-refractivity contribution is -0.271. The third-order valence-electron chi connectivity index (χ3n) is 6.97.